The molecule has 0 saturated carbocycles. The Labute approximate surface area is 104 Å². The number of benzene rings is 1. The van der Waals surface area contributed by atoms with Crippen molar-refractivity contribution in [2.24, 2.45) is 0 Å². The minimum atomic E-state index is -3.51. The molecule has 0 aliphatic carbocycles. The molecular formula is C10H12ClNO4S. The van der Waals surface area contributed by atoms with Gasteiger partial charge in [-0.2, -0.15) is 0 Å². The second-order valence-corrected chi connectivity index (χ2v) is 5.75. The number of hydrogen-bond acceptors (Lipinski definition) is 3. The quantitative estimate of drug-likeness (QED) is 0.852. The molecule has 0 unspecified atom stereocenters. The van der Waals surface area contributed by atoms with Crippen LogP contribution < -0.4 is 4.72 Å². The van der Waals surface area contributed by atoms with E-state index < -0.39 is 22.0 Å². The lowest BCUT2D eigenvalue weighted by molar-refractivity contribution is -0.137. The normalized spacial score (nSPS) is 13.3. The fourth-order valence-corrected chi connectivity index (χ4v) is 2.40. The van der Waals surface area contributed by atoms with Gasteiger partial charge in [0.05, 0.1) is 18.7 Å². The number of carboxylic acids is 1. The first-order valence-electron chi connectivity index (χ1n) is 4.73. The molecule has 1 rings (SSSR count). The van der Waals surface area contributed by atoms with Gasteiger partial charge in [0.2, 0.25) is 10.0 Å². The average molecular weight is 278 g/mol. The van der Waals surface area contributed by atoms with Crippen molar-refractivity contribution in [3.8, 4) is 0 Å². The van der Waals surface area contributed by atoms with Gasteiger partial charge in [0.15, 0.2) is 0 Å². The maximum atomic E-state index is 11.2. The summed E-state index contributed by atoms with van der Waals surface area (Å²) >= 11 is 5.90. The molecule has 0 radical (unpaired) electrons. The number of hydrogen-bond donors (Lipinski definition) is 2. The Morgan fingerprint density at radius 3 is 2.53 bits per heavy atom. The molecule has 2 N–H and O–H groups in total. The molecular weight excluding hydrogens is 266 g/mol. The SMILES string of the molecule is CS(=O)(=O)N[C@@H](CC(=O)O)c1ccccc1Cl. The molecule has 7 heteroatoms. The van der Waals surface area contributed by atoms with Crippen LogP contribution >= 0.6 is 11.6 Å². The zero-order valence-corrected chi connectivity index (χ0v) is 10.6. The van der Waals surface area contributed by atoms with Gasteiger partial charge in [0.25, 0.3) is 0 Å². The monoisotopic (exact) mass is 277 g/mol. The van der Waals surface area contributed by atoms with Crippen molar-refractivity contribution in [2.45, 2.75) is 12.5 Å². The molecule has 1 atom stereocenters. The summed E-state index contributed by atoms with van der Waals surface area (Å²) in [5, 5.41) is 9.08. The van der Waals surface area contributed by atoms with E-state index in [0.29, 0.717) is 10.6 Å². The average Bonchev–Trinajstić information content (AvgIpc) is 2.14. The summed E-state index contributed by atoms with van der Waals surface area (Å²) in [5.74, 6) is -1.11. The van der Waals surface area contributed by atoms with Gasteiger partial charge in [-0.05, 0) is 11.6 Å². The second-order valence-electron chi connectivity index (χ2n) is 3.56. The van der Waals surface area contributed by atoms with Crippen LogP contribution in [0.25, 0.3) is 0 Å². The predicted molar refractivity (Wildman–Crippen MR) is 64.4 cm³/mol. The molecule has 0 bridgehead atoms. The van der Waals surface area contributed by atoms with E-state index in [4.69, 9.17) is 16.7 Å². The number of nitrogens with one attached hydrogen (secondary N) is 1. The summed E-state index contributed by atoms with van der Waals surface area (Å²) < 4.78 is 24.6. The first-order chi connectivity index (χ1) is 7.79. The van der Waals surface area contributed by atoms with Crippen molar-refractivity contribution >= 4 is 27.6 Å². The molecule has 0 amide bonds. The number of carboxylic acid groups (broad SMARTS) is 1. The Bertz CT molecular complexity index is 515. The van der Waals surface area contributed by atoms with E-state index >= 15 is 0 Å². The van der Waals surface area contributed by atoms with Crippen LogP contribution in [0.3, 0.4) is 0 Å². The zero-order valence-electron chi connectivity index (χ0n) is 9.05. The first kappa shape index (κ1) is 14.0. The molecule has 94 valence electrons. The highest BCUT2D eigenvalue weighted by Crippen LogP contribution is 2.25. The third-order valence-electron chi connectivity index (χ3n) is 2.02. The molecule has 0 aromatic heterocycles. The Morgan fingerprint density at radius 2 is 2.06 bits per heavy atom. The topological polar surface area (TPSA) is 83.5 Å². The van der Waals surface area contributed by atoms with Gasteiger partial charge in [0.1, 0.15) is 0 Å². The summed E-state index contributed by atoms with van der Waals surface area (Å²) in [6.07, 6.45) is 0.607. The molecule has 0 spiro atoms. The highest BCUT2D eigenvalue weighted by molar-refractivity contribution is 7.88. The number of aliphatic carboxylic acids is 1. The number of carbonyl (C=O) groups is 1. The Morgan fingerprint density at radius 1 is 1.47 bits per heavy atom. The van der Waals surface area contributed by atoms with E-state index in [9.17, 15) is 13.2 Å². The van der Waals surface area contributed by atoms with Gasteiger partial charge in [-0.15, -0.1) is 0 Å². The Balaban J connectivity index is 3.06. The molecule has 5 nitrogen and oxygen atoms in total. The number of halogens is 1. The molecule has 0 aliphatic rings. The fourth-order valence-electron chi connectivity index (χ4n) is 1.41. The molecule has 17 heavy (non-hydrogen) atoms. The third-order valence-corrected chi connectivity index (χ3v) is 3.07. The minimum absolute atomic E-state index is 0.329. The van der Waals surface area contributed by atoms with Crippen LogP contribution in [0.1, 0.15) is 18.0 Å². The zero-order chi connectivity index (χ0) is 13.1. The van der Waals surface area contributed by atoms with Crippen LogP contribution in [0.2, 0.25) is 5.02 Å². The molecule has 0 heterocycles. The van der Waals surface area contributed by atoms with Gasteiger partial charge in [-0.3, -0.25) is 4.79 Å². The summed E-state index contributed by atoms with van der Waals surface area (Å²) in [5.41, 5.74) is 0.446. The fraction of sp³-hybridized carbons (Fsp3) is 0.300. The van der Waals surface area contributed by atoms with Gasteiger partial charge < -0.3 is 5.11 Å². The lowest BCUT2D eigenvalue weighted by Crippen LogP contribution is -2.29. The summed E-state index contributed by atoms with van der Waals surface area (Å²) in [4.78, 5) is 10.7. The van der Waals surface area contributed by atoms with E-state index in [1.54, 1.807) is 24.3 Å². The standard InChI is InChI=1S/C10H12ClNO4S/c1-17(15,16)12-9(6-10(13)14)7-4-2-3-5-8(7)11/h2-5,9,12H,6H2,1H3,(H,13,14)/t9-/m0/s1. The summed E-state index contributed by atoms with van der Waals surface area (Å²) in [6.45, 7) is 0. The van der Waals surface area contributed by atoms with E-state index in [2.05, 4.69) is 4.72 Å². The summed E-state index contributed by atoms with van der Waals surface area (Å²) in [7, 11) is -3.51. The van der Waals surface area contributed by atoms with Crippen molar-refractivity contribution in [1.29, 1.82) is 0 Å². The van der Waals surface area contributed by atoms with Crippen LogP contribution in [0, 0.1) is 0 Å². The smallest absolute Gasteiger partial charge is 0.305 e. The summed E-state index contributed by atoms with van der Waals surface area (Å²) in [6, 6.07) is 5.66. The molecule has 1 aromatic rings. The molecule has 0 saturated heterocycles. The largest absolute Gasteiger partial charge is 0.481 e. The molecule has 0 aliphatic heterocycles. The van der Waals surface area contributed by atoms with E-state index in [1.165, 1.54) is 0 Å². The van der Waals surface area contributed by atoms with E-state index in [1.807, 2.05) is 0 Å². The highest BCUT2D eigenvalue weighted by atomic mass is 35.5. The first-order valence-corrected chi connectivity index (χ1v) is 7.00. The third kappa shape index (κ3) is 4.72. The van der Waals surface area contributed by atoms with Crippen molar-refractivity contribution in [2.75, 3.05) is 6.26 Å². The minimum Gasteiger partial charge on any atom is -0.481 e. The van der Waals surface area contributed by atoms with Crippen LogP contribution in [0.5, 0.6) is 0 Å². The van der Waals surface area contributed by atoms with Gasteiger partial charge in [0, 0.05) is 5.02 Å². The van der Waals surface area contributed by atoms with E-state index in [0.717, 1.165) is 6.26 Å². The van der Waals surface area contributed by atoms with Crippen molar-refractivity contribution in [3.05, 3.63) is 34.9 Å². The van der Waals surface area contributed by atoms with Gasteiger partial charge in [-0.25, -0.2) is 13.1 Å². The maximum absolute atomic E-state index is 11.2. The molecule has 0 fully saturated rings. The number of rotatable bonds is 5. The maximum Gasteiger partial charge on any atom is 0.305 e. The predicted octanol–water partition coefficient (Wildman–Crippen LogP) is 1.40. The Hall–Kier alpha value is -1.11. The Kier molecular flexibility index (Phi) is 4.50. The van der Waals surface area contributed by atoms with Crippen molar-refractivity contribution in [1.82, 2.24) is 4.72 Å². The van der Waals surface area contributed by atoms with Gasteiger partial charge >= 0.3 is 5.97 Å². The van der Waals surface area contributed by atoms with Crippen LogP contribution in [0.15, 0.2) is 24.3 Å². The second kappa shape index (κ2) is 5.48. The highest BCUT2D eigenvalue weighted by Gasteiger charge is 2.21. The van der Waals surface area contributed by atoms with Gasteiger partial charge in [-0.1, -0.05) is 29.8 Å². The van der Waals surface area contributed by atoms with Crippen molar-refractivity contribution < 1.29 is 18.3 Å². The van der Waals surface area contributed by atoms with Crippen molar-refractivity contribution in [3.63, 3.8) is 0 Å². The van der Waals surface area contributed by atoms with Crippen LogP contribution in [-0.2, 0) is 14.8 Å². The van der Waals surface area contributed by atoms with Crippen LogP contribution in [0.4, 0.5) is 0 Å². The van der Waals surface area contributed by atoms with Crippen LogP contribution in [-0.4, -0.2) is 25.7 Å². The number of sulfonamides is 1. The lowest BCUT2D eigenvalue weighted by atomic mass is 10.1. The van der Waals surface area contributed by atoms with E-state index in [-0.39, 0.29) is 6.42 Å². The lowest BCUT2D eigenvalue weighted by Gasteiger charge is -2.17. The molecule has 1 aromatic carbocycles.